The Balaban J connectivity index is 1.40. The van der Waals surface area contributed by atoms with Crippen LogP contribution in [0.5, 0.6) is 0 Å². The number of aryl methyl sites for hydroxylation is 2. The lowest BCUT2D eigenvalue weighted by atomic mass is 10.3. The van der Waals surface area contributed by atoms with Crippen molar-refractivity contribution in [3.05, 3.63) is 53.9 Å². The molecule has 7 heteroatoms. The van der Waals surface area contributed by atoms with Gasteiger partial charge in [0.05, 0.1) is 17.2 Å². The molecule has 0 atom stereocenters. The molecule has 0 spiro atoms. The number of rotatable bonds is 5. The van der Waals surface area contributed by atoms with Crippen molar-refractivity contribution in [1.82, 2.24) is 24.6 Å². The summed E-state index contributed by atoms with van der Waals surface area (Å²) in [6.45, 7) is 2.75. The van der Waals surface area contributed by atoms with E-state index in [-0.39, 0.29) is 5.82 Å². The van der Waals surface area contributed by atoms with Gasteiger partial charge >= 0.3 is 0 Å². The number of hydrogen-bond acceptors (Lipinski definition) is 4. The molecular weight excluding hydrogens is 307 g/mol. The number of aromatic amines is 1. The van der Waals surface area contributed by atoms with Crippen LogP contribution in [0, 0.1) is 12.7 Å². The van der Waals surface area contributed by atoms with Crippen LogP contribution in [0.4, 0.5) is 10.2 Å². The zero-order chi connectivity index (χ0) is 16.5. The van der Waals surface area contributed by atoms with E-state index in [0.717, 1.165) is 53.4 Å². The molecule has 4 rings (SSSR count). The van der Waals surface area contributed by atoms with E-state index in [2.05, 4.69) is 25.4 Å². The molecule has 0 saturated heterocycles. The van der Waals surface area contributed by atoms with Gasteiger partial charge in [0.25, 0.3) is 0 Å². The summed E-state index contributed by atoms with van der Waals surface area (Å²) in [6.07, 6.45) is 3.42. The van der Waals surface area contributed by atoms with E-state index in [4.69, 9.17) is 0 Å². The highest BCUT2D eigenvalue weighted by molar-refractivity contribution is 5.74. The molecule has 6 nitrogen and oxygen atoms in total. The lowest BCUT2D eigenvalue weighted by molar-refractivity contribution is 0.629. The monoisotopic (exact) mass is 324 g/mol. The topological polar surface area (TPSA) is 70.9 Å². The lowest BCUT2D eigenvalue weighted by Gasteiger charge is -2.08. The molecular formula is C17H17FN6. The van der Waals surface area contributed by atoms with Crippen molar-refractivity contribution in [2.75, 3.05) is 11.9 Å². The molecule has 0 amide bonds. The quantitative estimate of drug-likeness (QED) is 0.553. The Morgan fingerprint density at radius 2 is 2.12 bits per heavy atom. The third kappa shape index (κ3) is 2.80. The van der Waals surface area contributed by atoms with Gasteiger partial charge in [0.1, 0.15) is 17.5 Å². The van der Waals surface area contributed by atoms with Gasteiger partial charge < -0.3 is 10.3 Å². The number of imidazole rings is 1. The molecule has 0 bridgehead atoms. The van der Waals surface area contributed by atoms with Crippen LogP contribution >= 0.6 is 0 Å². The largest absolute Gasteiger partial charge is 0.370 e. The molecule has 3 heterocycles. The van der Waals surface area contributed by atoms with Crippen molar-refractivity contribution >= 4 is 22.5 Å². The minimum Gasteiger partial charge on any atom is -0.370 e. The van der Waals surface area contributed by atoms with Crippen molar-refractivity contribution in [3.8, 4) is 0 Å². The summed E-state index contributed by atoms with van der Waals surface area (Å²) in [5, 5.41) is 7.66. The molecule has 0 fully saturated rings. The van der Waals surface area contributed by atoms with E-state index in [9.17, 15) is 4.39 Å². The Labute approximate surface area is 137 Å². The fourth-order valence-electron chi connectivity index (χ4n) is 2.79. The minimum atomic E-state index is -0.254. The van der Waals surface area contributed by atoms with Crippen LogP contribution in [-0.4, -0.2) is 31.1 Å². The van der Waals surface area contributed by atoms with E-state index in [1.807, 2.05) is 19.1 Å². The van der Waals surface area contributed by atoms with Crippen molar-refractivity contribution in [3.63, 3.8) is 0 Å². The molecule has 0 aliphatic carbocycles. The van der Waals surface area contributed by atoms with Crippen LogP contribution in [0.25, 0.3) is 16.7 Å². The number of nitrogens with one attached hydrogen (secondary N) is 2. The van der Waals surface area contributed by atoms with Crippen molar-refractivity contribution in [2.24, 2.45) is 0 Å². The molecule has 0 aliphatic rings. The summed E-state index contributed by atoms with van der Waals surface area (Å²) in [5.74, 6) is 1.54. The summed E-state index contributed by atoms with van der Waals surface area (Å²) in [7, 11) is 0. The average Bonchev–Trinajstić information content (AvgIpc) is 3.16. The van der Waals surface area contributed by atoms with Crippen LogP contribution in [0.2, 0.25) is 0 Å². The van der Waals surface area contributed by atoms with Gasteiger partial charge in [-0.3, -0.25) is 0 Å². The average molecular weight is 324 g/mol. The molecule has 0 aliphatic heterocycles. The summed E-state index contributed by atoms with van der Waals surface area (Å²) in [4.78, 5) is 12.1. The SMILES string of the molecule is Cc1cc(NCCCc2nc3ccc(F)cc3[nH]2)n2nccc2n1. The number of nitrogens with zero attached hydrogens (tertiary/aromatic N) is 4. The second-order valence-electron chi connectivity index (χ2n) is 5.76. The lowest BCUT2D eigenvalue weighted by Crippen LogP contribution is -2.09. The Hall–Kier alpha value is -2.96. The summed E-state index contributed by atoms with van der Waals surface area (Å²) in [6, 6.07) is 8.45. The first kappa shape index (κ1) is 14.6. The molecule has 0 radical (unpaired) electrons. The number of anilines is 1. The van der Waals surface area contributed by atoms with Crippen molar-refractivity contribution in [1.29, 1.82) is 0 Å². The normalized spacial score (nSPS) is 11.4. The fourth-order valence-corrected chi connectivity index (χ4v) is 2.79. The van der Waals surface area contributed by atoms with E-state index < -0.39 is 0 Å². The van der Waals surface area contributed by atoms with Crippen molar-refractivity contribution < 1.29 is 4.39 Å². The first-order valence-corrected chi connectivity index (χ1v) is 7.88. The molecule has 4 aromatic rings. The summed E-state index contributed by atoms with van der Waals surface area (Å²) < 4.78 is 15.0. The number of benzene rings is 1. The molecule has 122 valence electrons. The second-order valence-corrected chi connectivity index (χ2v) is 5.76. The van der Waals surface area contributed by atoms with Crippen molar-refractivity contribution in [2.45, 2.75) is 19.8 Å². The standard InChI is InChI=1S/C17H17FN6/c1-11-9-17(24-16(21-11)6-8-20-24)19-7-2-3-15-22-13-5-4-12(18)10-14(13)23-15/h4-6,8-10,19H,2-3,7H2,1H3,(H,22,23). The van der Waals surface area contributed by atoms with Gasteiger partial charge in [0, 0.05) is 30.8 Å². The highest BCUT2D eigenvalue weighted by Crippen LogP contribution is 2.14. The molecule has 1 aromatic carbocycles. The van der Waals surface area contributed by atoms with Crippen LogP contribution < -0.4 is 5.32 Å². The number of H-pyrrole nitrogens is 1. The Kier molecular flexibility index (Phi) is 3.60. The zero-order valence-electron chi connectivity index (χ0n) is 13.3. The maximum atomic E-state index is 13.2. The smallest absolute Gasteiger partial charge is 0.157 e. The Morgan fingerprint density at radius 1 is 1.21 bits per heavy atom. The third-order valence-electron chi connectivity index (χ3n) is 3.88. The first-order chi connectivity index (χ1) is 11.7. The van der Waals surface area contributed by atoms with Gasteiger partial charge in [-0.2, -0.15) is 9.61 Å². The van der Waals surface area contributed by atoms with Gasteiger partial charge in [-0.05, 0) is 31.5 Å². The zero-order valence-corrected chi connectivity index (χ0v) is 13.3. The molecule has 0 saturated carbocycles. The molecule has 3 aromatic heterocycles. The fraction of sp³-hybridized carbons (Fsp3) is 0.235. The van der Waals surface area contributed by atoms with Crippen LogP contribution in [0.1, 0.15) is 17.9 Å². The summed E-state index contributed by atoms with van der Waals surface area (Å²) >= 11 is 0. The second kappa shape index (κ2) is 5.92. The van der Waals surface area contributed by atoms with E-state index >= 15 is 0 Å². The van der Waals surface area contributed by atoms with Crippen LogP contribution in [0.15, 0.2) is 36.5 Å². The van der Waals surface area contributed by atoms with Gasteiger partial charge in [-0.1, -0.05) is 0 Å². The number of aromatic nitrogens is 5. The highest BCUT2D eigenvalue weighted by Gasteiger charge is 2.06. The molecule has 0 unspecified atom stereocenters. The minimum absolute atomic E-state index is 0.254. The third-order valence-corrected chi connectivity index (χ3v) is 3.88. The number of halogens is 1. The highest BCUT2D eigenvalue weighted by atomic mass is 19.1. The van der Waals surface area contributed by atoms with Gasteiger partial charge in [-0.25, -0.2) is 14.4 Å². The van der Waals surface area contributed by atoms with E-state index in [1.54, 1.807) is 16.8 Å². The van der Waals surface area contributed by atoms with Crippen LogP contribution in [-0.2, 0) is 6.42 Å². The van der Waals surface area contributed by atoms with Gasteiger partial charge in [-0.15, -0.1) is 0 Å². The van der Waals surface area contributed by atoms with Crippen LogP contribution in [0.3, 0.4) is 0 Å². The van der Waals surface area contributed by atoms with E-state index in [0.29, 0.717) is 0 Å². The molecule has 24 heavy (non-hydrogen) atoms. The Bertz CT molecular complexity index is 1000. The summed E-state index contributed by atoms with van der Waals surface area (Å²) in [5.41, 5.74) is 3.31. The Morgan fingerprint density at radius 3 is 3.04 bits per heavy atom. The first-order valence-electron chi connectivity index (χ1n) is 7.88. The maximum absolute atomic E-state index is 13.2. The van der Waals surface area contributed by atoms with Gasteiger partial charge in [0.15, 0.2) is 5.65 Å². The predicted molar refractivity (Wildman–Crippen MR) is 90.6 cm³/mol. The maximum Gasteiger partial charge on any atom is 0.157 e. The number of fused-ring (bicyclic) bond motifs is 2. The molecule has 2 N–H and O–H groups in total. The number of hydrogen-bond donors (Lipinski definition) is 2. The van der Waals surface area contributed by atoms with E-state index in [1.165, 1.54) is 12.1 Å². The predicted octanol–water partition coefficient (Wildman–Crippen LogP) is 3.10. The van der Waals surface area contributed by atoms with Gasteiger partial charge in [0.2, 0.25) is 0 Å².